The van der Waals surface area contributed by atoms with E-state index in [9.17, 15) is 4.79 Å². The van der Waals surface area contributed by atoms with Crippen LogP contribution in [0.4, 0.5) is 5.69 Å². The highest BCUT2D eigenvalue weighted by atomic mass is 32.1. The van der Waals surface area contributed by atoms with Crippen LogP contribution in [0.2, 0.25) is 0 Å². The fraction of sp³-hybridized carbons (Fsp3) is 0.176. The minimum Gasteiger partial charge on any atom is -0.378 e. The molecule has 2 heterocycles. The standard InChI is InChI=1S/C17H17N3O2S/c1-20(2)14-6-3-5-12(9-14)17(21)18-11-13-10-15(22-19-13)16-7-4-8-23-16/h3-10H,11H2,1-2H3,(H,18,21). The Morgan fingerprint density at radius 1 is 1.26 bits per heavy atom. The third-order valence-corrected chi connectivity index (χ3v) is 4.26. The zero-order chi connectivity index (χ0) is 16.2. The SMILES string of the molecule is CN(C)c1cccc(C(=O)NCc2cc(-c3cccs3)on2)c1. The first kappa shape index (κ1) is 15.3. The number of carbonyl (C=O) groups is 1. The Kier molecular flexibility index (Phi) is 4.43. The Hall–Kier alpha value is -2.60. The average Bonchev–Trinajstić information content (AvgIpc) is 3.23. The van der Waals surface area contributed by atoms with E-state index in [0.29, 0.717) is 17.8 Å². The van der Waals surface area contributed by atoms with Crippen molar-refractivity contribution in [2.75, 3.05) is 19.0 Å². The Morgan fingerprint density at radius 2 is 2.13 bits per heavy atom. The van der Waals surface area contributed by atoms with E-state index < -0.39 is 0 Å². The lowest BCUT2D eigenvalue weighted by molar-refractivity contribution is 0.0950. The lowest BCUT2D eigenvalue weighted by Gasteiger charge is -2.13. The fourth-order valence-corrected chi connectivity index (χ4v) is 2.80. The summed E-state index contributed by atoms with van der Waals surface area (Å²) in [6.07, 6.45) is 0. The van der Waals surface area contributed by atoms with E-state index in [1.165, 1.54) is 0 Å². The lowest BCUT2D eigenvalue weighted by Crippen LogP contribution is -2.23. The first-order valence-corrected chi connectivity index (χ1v) is 8.06. The summed E-state index contributed by atoms with van der Waals surface area (Å²) in [6, 6.07) is 13.3. The molecule has 0 atom stereocenters. The van der Waals surface area contributed by atoms with Gasteiger partial charge in [-0.15, -0.1) is 11.3 Å². The maximum Gasteiger partial charge on any atom is 0.251 e. The molecule has 118 valence electrons. The number of rotatable bonds is 5. The van der Waals surface area contributed by atoms with Gasteiger partial charge in [-0.3, -0.25) is 4.79 Å². The molecule has 0 saturated heterocycles. The van der Waals surface area contributed by atoms with Crippen LogP contribution in [0.15, 0.2) is 52.4 Å². The van der Waals surface area contributed by atoms with E-state index in [2.05, 4.69) is 10.5 Å². The van der Waals surface area contributed by atoms with Crippen molar-refractivity contribution in [3.8, 4) is 10.6 Å². The van der Waals surface area contributed by atoms with Crippen LogP contribution in [0.1, 0.15) is 16.1 Å². The van der Waals surface area contributed by atoms with Crippen LogP contribution in [-0.4, -0.2) is 25.2 Å². The van der Waals surface area contributed by atoms with Gasteiger partial charge < -0.3 is 14.7 Å². The molecular weight excluding hydrogens is 310 g/mol. The largest absolute Gasteiger partial charge is 0.378 e. The van der Waals surface area contributed by atoms with E-state index in [-0.39, 0.29) is 5.91 Å². The summed E-state index contributed by atoms with van der Waals surface area (Å²) in [6.45, 7) is 0.333. The molecule has 6 heteroatoms. The first-order chi connectivity index (χ1) is 11.1. The van der Waals surface area contributed by atoms with E-state index in [0.717, 1.165) is 16.3 Å². The Balaban J connectivity index is 1.64. The lowest BCUT2D eigenvalue weighted by atomic mass is 10.2. The van der Waals surface area contributed by atoms with Gasteiger partial charge in [0.25, 0.3) is 5.91 Å². The van der Waals surface area contributed by atoms with E-state index in [4.69, 9.17) is 4.52 Å². The van der Waals surface area contributed by atoms with E-state index >= 15 is 0 Å². The summed E-state index contributed by atoms with van der Waals surface area (Å²) < 4.78 is 5.30. The van der Waals surface area contributed by atoms with Gasteiger partial charge >= 0.3 is 0 Å². The van der Waals surface area contributed by atoms with Crippen molar-refractivity contribution >= 4 is 22.9 Å². The highest BCUT2D eigenvalue weighted by Gasteiger charge is 2.10. The van der Waals surface area contributed by atoms with Crippen LogP contribution in [-0.2, 0) is 6.54 Å². The number of nitrogens with zero attached hydrogens (tertiary/aromatic N) is 2. The molecule has 1 amide bonds. The van der Waals surface area contributed by atoms with Crippen LogP contribution >= 0.6 is 11.3 Å². The van der Waals surface area contributed by atoms with Crippen molar-refractivity contribution in [1.82, 2.24) is 10.5 Å². The fourth-order valence-electron chi connectivity index (χ4n) is 2.13. The van der Waals surface area contributed by atoms with Crippen molar-refractivity contribution < 1.29 is 9.32 Å². The van der Waals surface area contributed by atoms with Gasteiger partial charge in [-0.05, 0) is 29.6 Å². The Labute approximate surface area is 138 Å². The molecule has 0 fully saturated rings. The van der Waals surface area contributed by atoms with Gasteiger partial charge in [0.1, 0.15) is 5.69 Å². The molecule has 3 aromatic rings. The van der Waals surface area contributed by atoms with Gasteiger partial charge in [0.15, 0.2) is 5.76 Å². The smallest absolute Gasteiger partial charge is 0.251 e. The average molecular weight is 327 g/mol. The summed E-state index contributed by atoms with van der Waals surface area (Å²) >= 11 is 1.59. The van der Waals surface area contributed by atoms with Crippen LogP contribution in [0.3, 0.4) is 0 Å². The number of hydrogen-bond acceptors (Lipinski definition) is 5. The van der Waals surface area contributed by atoms with Gasteiger partial charge in [-0.1, -0.05) is 17.3 Å². The van der Waals surface area contributed by atoms with Crippen molar-refractivity contribution in [2.24, 2.45) is 0 Å². The molecule has 0 spiro atoms. The topological polar surface area (TPSA) is 58.4 Å². The van der Waals surface area contributed by atoms with Crippen LogP contribution in [0.25, 0.3) is 10.6 Å². The molecule has 0 bridgehead atoms. The third-order valence-electron chi connectivity index (χ3n) is 3.38. The van der Waals surface area contributed by atoms with Crippen molar-refractivity contribution in [3.63, 3.8) is 0 Å². The number of anilines is 1. The third kappa shape index (κ3) is 3.60. The Morgan fingerprint density at radius 3 is 2.87 bits per heavy atom. The highest BCUT2D eigenvalue weighted by Crippen LogP contribution is 2.25. The van der Waals surface area contributed by atoms with Gasteiger partial charge in [0.2, 0.25) is 0 Å². The number of hydrogen-bond donors (Lipinski definition) is 1. The minimum absolute atomic E-state index is 0.130. The second-order valence-corrected chi connectivity index (χ2v) is 6.23. The van der Waals surface area contributed by atoms with Crippen LogP contribution in [0, 0.1) is 0 Å². The van der Waals surface area contributed by atoms with Crippen molar-refractivity contribution in [2.45, 2.75) is 6.54 Å². The van der Waals surface area contributed by atoms with Crippen LogP contribution in [0.5, 0.6) is 0 Å². The van der Waals surface area contributed by atoms with Gasteiger partial charge in [0.05, 0.1) is 11.4 Å². The first-order valence-electron chi connectivity index (χ1n) is 7.18. The second kappa shape index (κ2) is 6.66. The molecule has 23 heavy (non-hydrogen) atoms. The number of nitrogens with one attached hydrogen (secondary N) is 1. The number of aromatic nitrogens is 1. The molecule has 0 aliphatic heterocycles. The number of carbonyl (C=O) groups excluding carboxylic acids is 1. The predicted molar refractivity (Wildman–Crippen MR) is 91.8 cm³/mol. The maximum atomic E-state index is 12.2. The zero-order valence-corrected chi connectivity index (χ0v) is 13.8. The van der Waals surface area contributed by atoms with E-state index in [1.54, 1.807) is 17.4 Å². The highest BCUT2D eigenvalue weighted by molar-refractivity contribution is 7.13. The molecule has 2 aromatic heterocycles. The molecule has 0 aliphatic carbocycles. The second-order valence-electron chi connectivity index (χ2n) is 5.29. The zero-order valence-electron chi connectivity index (χ0n) is 12.9. The van der Waals surface area contributed by atoms with Gasteiger partial charge in [0, 0.05) is 31.4 Å². The molecular formula is C17H17N3O2S. The van der Waals surface area contributed by atoms with E-state index in [1.807, 2.05) is 60.8 Å². The molecule has 3 rings (SSSR count). The molecule has 0 unspecified atom stereocenters. The molecule has 1 N–H and O–H groups in total. The minimum atomic E-state index is -0.130. The summed E-state index contributed by atoms with van der Waals surface area (Å²) in [5.74, 6) is 0.591. The molecule has 0 aliphatic rings. The van der Waals surface area contributed by atoms with Crippen molar-refractivity contribution in [3.05, 3.63) is 59.1 Å². The molecule has 0 saturated carbocycles. The summed E-state index contributed by atoms with van der Waals surface area (Å²) in [7, 11) is 3.89. The van der Waals surface area contributed by atoms with Crippen LogP contribution < -0.4 is 10.2 Å². The summed E-state index contributed by atoms with van der Waals surface area (Å²) in [5, 5.41) is 8.84. The van der Waals surface area contributed by atoms with Gasteiger partial charge in [-0.2, -0.15) is 0 Å². The molecule has 0 radical (unpaired) electrons. The monoisotopic (exact) mass is 327 g/mol. The van der Waals surface area contributed by atoms with Gasteiger partial charge in [-0.25, -0.2) is 0 Å². The summed E-state index contributed by atoms with van der Waals surface area (Å²) in [5.41, 5.74) is 2.31. The number of benzene rings is 1. The normalized spacial score (nSPS) is 10.5. The number of amides is 1. The quantitative estimate of drug-likeness (QED) is 0.780. The maximum absolute atomic E-state index is 12.2. The predicted octanol–water partition coefficient (Wildman–Crippen LogP) is 3.40. The van der Waals surface area contributed by atoms with Crippen molar-refractivity contribution in [1.29, 1.82) is 0 Å². The number of thiophene rings is 1. The molecule has 1 aromatic carbocycles. The summed E-state index contributed by atoms with van der Waals surface area (Å²) in [4.78, 5) is 15.2. The molecule has 5 nitrogen and oxygen atoms in total. The Bertz CT molecular complexity index is 794.